The van der Waals surface area contributed by atoms with Crippen LogP contribution in [0.4, 0.5) is 0 Å². The molecule has 2 saturated carbocycles. The first-order chi connectivity index (χ1) is 10.6. The van der Waals surface area contributed by atoms with Gasteiger partial charge >= 0.3 is 0 Å². The van der Waals surface area contributed by atoms with E-state index in [-0.39, 0.29) is 24.0 Å². The molecule has 0 aromatic rings. The molecule has 1 N–H and O–H groups in total. The first-order valence-corrected chi connectivity index (χ1v) is 9.26. The van der Waals surface area contributed by atoms with Gasteiger partial charge in [-0.15, -0.1) is 24.0 Å². The van der Waals surface area contributed by atoms with Crippen molar-refractivity contribution in [2.75, 3.05) is 40.8 Å². The molecule has 1 spiro atoms. The monoisotopic (exact) mass is 434 g/mol. The number of halogens is 1. The van der Waals surface area contributed by atoms with Crippen LogP contribution in [0.1, 0.15) is 51.4 Å². The lowest BCUT2D eigenvalue weighted by atomic mass is 9.73. The van der Waals surface area contributed by atoms with Crippen molar-refractivity contribution in [2.45, 2.75) is 57.4 Å². The predicted octanol–water partition coefficient (Wildman–Crippen LogP) is 3.18. The lowest BCUT2D eigenvalue weighted by Gasteiger charge is -2.34. The molecule has 3 aliphatic rings. The zero-order chi connectivity index (χ0) is 15.6. The molecule has 1 unspecified atom stereocenters. The molecular weight excluding hydrogens is 399 g/mol. The largest absolute Gasteiger partial charge is 0.355 e. The van der Waals surface area contributed by atoms with Crippen molar-refractivity contribution in [3.63, 3.8) is 0 Å². The van der Waals surface area contributed by atoms with E-state index in [0.717, 1.165) is 18.4 Å². The van der Waals surface area contributed by atoms with Gasteiger partial charge in [-0.25, -0.2) is 0 Å². The van der Waals surface area contributed by atoms with Crippen LogP contribution in [0.3, 0.4) is 0 Å². The highest BCUT2D eigenvalue weighted by atomic mass is 127. The molecule has 2 aliphatic carbocycles. The molecule has 0 bridgehead atoms. The van der Waals surface area contributed by atoms with E-state index >= 15 is 0 Å². The van der Waals surface area contributed by atoms with Gasteiger partial charge in [-0.1, -0.05) is 19.3 Å². The van der Waals surface area contributed by atoms with E-state index in [2.05, 4.69) is 34.2 Å². The first kappa shape index (κ1) is 19.3. The van der Waals surface area contributed by atoms with Crippen molar-refractivity contribution in [3.05, 3.63) is 0 Å². The topological polar surface area (TPSA) is 30.9 Å². The Labute approximate surface area is 159 Å². The molecule has 23 heavy (non-hydrogen) atoms. The molecule has 5 heteroatoms. The fourth-order valence-electron chi connectivity index (χ4n) is 4.61. The number of hydrogen-bond donors (Lipinski definition) is 1. The molecule has 0 aromatic heterocycles. The summed E-state index contributed by atoms with van der Waals surface area (Å²) in [6.07, 6.45) is 11.3. The van der Waals surface area contributed by atoms with Crippen molar-refractivity contribution in [2.24, 2.45) is 16.3 Å². The number of nitrogens with zero attached hydrogens (tertiary/aromatic N) is 3. The SMILES string of the molecule is CN=C(NCC(C1CC1)N(C)C)N1CCC2(CCCCC2)C1.I. The summed E-state index contributed by atoms with van der Waals surface area (Å²) in [7, 11) is 6.36. The summed E-state index contributed by atoms with van der Waals surface area (Å²) in [5.74, 6) is 2.03. The smallest absolute Gasteiger partial charge is 0.193 e. The Morgan fingerprint density at radius 2 is 1.91 bits per heavy atom. The zero-order valence-corrected chi connectivity index (χ0v) is 17.5. The number of likely N-dealkylation sites (N-methyl/N-ethyl adjacent to an activating group) is 1. The molecule has 1 heterocycles. The van der Waals surface area contributed by atoms with Crippen LogP contribution in [0.15, 0.2) is 4.99 Å². The van der Waals surface area contributed by atoms with Gasteiger partial charge in [-0.2, -0.15) is 0 Å². The molecule has 1 atom stereocenters. The highest BCUT2D eigenvalue weighted by Crippen LogP contribution is 2.43. The van der Waals surface area contributed by atoms with Crippen molar-refractivity contribution in [1.82, 2.24) is 15.1 Å². The van der Waals surface area contributed by atoms with E-state index in [0.29, 0.717) is 11.5 Å². The molecule has 0 aromatic carbocycles. The Morgan fingerprint density at radius 3 is 2.48 bits per heavy atom. The normalized spacial score (nSPS) is 25.6. The van der Waals surface area contributed by atoms with Crippen LogP contribution in [-0.4, -0.2) is 62.6 Å². The quantitative estimate of drug-likeness (QED) is 0.419. The van der Waals surface area contributed by atoms with Gasteiger partial charge in [0.15, 0.2) is 5.96 Å². The number of guanidine groups is 1. The Kier molecular flexibility index (Phi) is 7.01. The standard InChI is InChI=1S/C18H34N4.HI/c1-19-17(20-13-16(21(2)3)15-7-8-15)22-12-11-18(14-22)9-5-4-6-10-18;/h15-16H,4-14H2,1-3H3,(H,19,20);1H. The summed E-state index contributed by atoms with van der Waals surface area (Å²) < 4.78 is 0. The highest BCUT2D eigenvalue weighted by Gasteiger charge is 2.40. The van der Waals surface area contributed by atoms with Gasteiger partial charge in [-0.3, -0.25) is 4.99 Å². The van der Waals surface area contributed by atoms with Crippen LogP contribution >= 0.6 is 24.0 Å². The lowest BCUT2D eigenvalue weighted by molar-refractivity contribution is 0.202. The number of nitrogens with one attached hydrogen (secondary N) is 1. The van der Waals surface area contributed by atoms with Gasteiger partial charge in [0.1, 0.15) is 0 Å². The van der Waals surface area contributed by atoms with Crippen LogP contribution in [0.25, 0.3) is 0 Å². The van der Waals surface area contributed by atoms with Crippen LogP contribution in [0, 0.1) is 11.3 Å². The van der Waals surface area contributed by atoms with Crippen LogP contribution in [0.5, 0.6) is 0 Å². The van der Waals surface area contributed by atoms with Gasteiger partial charge < -0.3 is 15.1 Å². The second-order valence-corrected chi connectivity index (χ2v) is 8.03. The second kappa shape index (κ2) is 8.37. The van der Waals surface area contributed by atoms with E-state index in [1.807, 2.05) is 7.05 Å². The van der Waals surface area contributed by atoms with E-state index in [1.165, 1.54) is 64.5 Å². The number of likely N-dealkylation sites (tertiary alicyclic amines) is 1. The van der Waals surface area contributed by atoms with E-state index in [9.17, 15) is 0 Å². The molecule has 4 nitrogen and oxygen atoms in total. The third-order valence-corrected chi connectivity index (χ3v) is 6.16. The summed E-state index contributed by atoms with van der Waals surface area (Å²) in [6, 6.07) is 0.656. The third kappa shape index (κ3) is 4.74. The van der Waals surface area contributed by atoms with Crippen molar-refractivity contribution < 1.29 is 0 Å². The van der Waals surface area contributed by atoms with E-state index in [1.54, 1.807) is 0 Å². The van der Waals surface area contributed by atoms with Gasteiger partial charge in [0, 0.05) is 32.7 Å². The summed E-state index contributed by atoms with van der Waals surface area (Å²) in [6.45, 7) is 3.45. The maximum absolute atomic E-state index is 4.57. The zero-order valence-electron chi connectivity index (χ0n) is 15.2. The summed E-state index contributed by atoms with van der Waals surface area (Å²) in [5, 5.41) is 3.67. The maximum Gasteiger partial charge on any atom is 0.193 e. The Bertz CT molecular complexity index is 398. The maximum atomic E-state index is 4.57. The van der Waals surface area contributed by atoms with Gasteiger partial charge in [0.25, 0.3) is 0 Å². The highest BCUT2D eigenvalue weighted by molar-refractivity contribution is 14.0. The summed E-state index contributed by atoms with van der Waals surface area (Å²) in [4.78, 5) is 9.47. The van der Waals surface area contributed by atoms with Crippen molar-refractivity contribution in [1.29, 1.82) is 0 Å². The van der Waals surface area contributed by atoms with Crippen molar-refractivity contribution in [3.8, 4) is 0 Å². The van der Waals surface area contributed by atoms with Crippen molar-refractivity contribution >= 4 is 29.9 Å². The molecular formula is C18H35IN4. The Morgan fingerprint density at radius 1 is 1.22 bits per heavy atom. The molecule has 134 valence electrons. The molecule has 3 rings (SSSR count). The molecule has 1 aliphatic heterocycles. The summed E-state index contributed by atoms with van der Waals surface area (Å²) >= 11 is 0. The molecule has 0 amide bonds. The van der Waals surface area contributed by atoms with Crippen LogP contribution in [0.2, 0.25) is 0 Å². The predicted molar refractivity (Wildman–Crippen MR) is 109 cm³/mol. The molecule has 1 saturated heterocycles. The molecule has 3 fully saturated rings. The fraction of sp³-hybridized carbons (Fsp3) is 0.944. The second-order valence-electron chi connectivity index (χ2n) is 8.03. The van der Waals surface area contributed by atoms with Gasteiger partial charge in [0.2, 0.25) is 0 Å². The average Bonchev–Trinajstić information content (AvgIpc) is 3.27. The fourth-order valence-corrected chi connectivity index (χ4v) is 4.61. The van der Waals surface area contributed by atoms with E-state index < -0.39 is 0 Å². The summed E-state index contributed by atoms with van der Waals surface area (Å²) in [5.41, 5.74) is 0.604. The number of hydrogen-bond acceptors (Lipinski definition) is 2. The van der Waals surface area contributed by atoms with Crippen LogP contribution in [-0.2, 0) is 0 Å². The van der Waals surface area contributed by atoms with Gasteiger partial charge in [0.05, 0.1) is 0 Å². The molecule has 0 radical (unpaired) electrons. The minimum absolute atomic E-state index is 0. The first-order valence-electron chi connectivity index (χ1n) is 9.26. The lowest BCUT2D eigenvalue weighted by Crippen LogP contribution is -2.47. The Hall–Kier alpha value is -0.0400. The van der Waals surface area contributed by atoms with E-state index in [4.69, 9.17) is 0 Å². The minimum Gasteiger partial charge on any atom is -0.355 e. The average molecular weight is 434 g/mol. The number of aliphatic imine (C=N–C) groups is 1. The Balaban J connectivity index is 0.00000192. The minimum atomic E-state index is 0. The van der Waals surface area contributed by atoms with Gasteiger partial charge in [-0.05, 0) is 57.5 Å². The third-order valence-electron chi connectivity index (χ3n) is 6.16. The van der Waals surface area contributed by atoms with Crippen LogP contribution < -0.4 is 5.32 Å². The number of rotatable bonds is 4.